The van der Waals surface area contributed by atoms with E-state index in [0.717, 1.165) is 26.8 Å². The molecule has 0 N–H and O–H groups in total. The van der Waals surface area contributed by atoms with Gasteiger partial charge in [0.25, 0.3) is 0 Å². The quantitative estimate of drug-likeness (QED) is 0.353. The summed E-state index contributed by atoms with van der Waals surface area (Å²) in [5.41, 5.74) is 1.98. The van der Waals surface area contributed by atoms with E-state index in [1.165, 1.54) is 41.1 Å². The van der Waals surface area contributed by atoms with Gasteiger partial charge >= 0.3 is 5.97 Å². The summed E-state index contributed by atoms with van der Waals surface area (Å²) in [6, 6.07) is 0. The van der Waals surface area contributed by atoms with Gasteiger partial charge in [0.05, 0.1) is 35.3 Å². The second-order valence-corrected chi connectivity index (χ2v) is 8.63. The van der Waals surface area contributed by atoms with E-state index in [1.807, 2.05) is 6.26 Å². The minimum Gasteiger partial charge on any atom is -0.468 e. The summed E-state index contributed by atoms with van der Waals surface area (Å²) in [6.45, 7) is 4.78. The molecule has 124 valence electrons. The van der Waals surface area contributed by atoms with Crippen LogP contribution in [-0.4, -0.2) is 40.7 Å². The first kappa shape index (κ1) is 17.0. The smallest absolute Gasteiger partial charge is 0.316 e. The zero-order chi connectivity index (χ0) is 16.6. The molecule has 2 aromatic heterocycles. The number of carbonyl (C=O) groups is 1. The van der Waals surface area contributed by atoms with Crippen LogP contribution in [0.2, 0.25) is 0 Å². The van der Waals surface area contributed by atoms with Crippen LogP contribution in [0.5, 0.6) is 0 Å². The molecule has 3 rings (SSSR count). The number of hydrogen-bond donors (Lipinski definition) is 0. The predicted octanol–water partition coefficient (Wildman–Crippen LogP) is 3.53. The summed E-state index contributed by atoms with van der Waals surface area (Å²) in [5.74, 6) is -0.000634. The lowest BCUT2D eigenvalue weighted by Crippen LogP contribution is -2.30. The molecule has 0 radical (unpaired) electrons. The van der Waals surface area contributed by atoms with Gasteiger partial charge in [0.1, 0.15) is 5.03 Å². The Morgan fingerprint density at radius 1 is 1.43 bits per heavy atom. The van der Waals surface area contributed by atoms with Crippen LogP contribution >= 0.6 is 34.9 Å². The van der Waals surface area contributed by atoms with Crippen molar-refractivity contribution in [3.63, 3.8) is 0 Å². The average molecular weight is 371 g/mol. The Kier molecular flexibility index (Phi) is 4.87. The van der Waals surface area contributed by atoms with Gasteiger partial charge in [-0.1, -0.05) is 23.5 Å². The van der Waals surface area contributed by atoms with Gasteiger partial charge in [0.2, 0.25) is 0 Å². The molecule has 2 aromatic rings. The van der Waals surface area contributed by atoms with Crippen molar-refractivity contribution >= 4 is 51.0 Å². The predicted molar refractivity (Wildman–Crippen MR) is 94.5 cm³/mol. The van der Waals surface area contributed by atoms with Crippen molar-refractivity contribution in [1.82, 2.24) is 9.97 Å². The molecule has 0 spiro atoms. The van der Waals surface area contributed by atoms with E-state index < -0.39 is 0 Å². The van der Waals surface area contributed by atoms with Crippen LogP contribution in [0.3, 0.4) is 0 Å². The van der Waals surface area contributed by atoms with Gasteiger partial charge in [-0.3, -0.25) is 4.79 Å². The molecule has 3 heterocycles. The standard InChI is InChI=1S/C15H18N2O3S3/c1-15(2)5-9-8(6-20-15)11-12(23-9)13(17-14(16-11)21-4)22-7-10(18)19-3/h5-7H2,1-4H3. The third kappa shape index (κ3) is 3.50. The second kappa shape index (κ2) is 6.58. The van der Waals surface area contributed by atoms with E-state index in [1.54, 1.807) is 11.3 Å². The van der Waals surface area contributed by atoms with Gasteiger partial charge in [-0.25, -0.2) is 9.97 Å². The minimum atomic E-state index is -0.252. The minimum absolute atomic E-state index is 0.150. The van der Waals surface area contributed by atoms with E-state index in [2.05, 4.69) is 23.8 Å². The first-order valence-corrected chi connectivity index (χ1v) is 10.2. The maximum atomic E-state index is 11.4. The van der Waals surface area contributed by atoms with Crippen molar-refractivity contribution in [2.24, 2.45) is 0 Å². The highest BCUT2D eigenvalue weighted by atomic mass is 32.2. The topological polar surface area (TPSA) is 61.3 Å². The lowest BCUT2D eigenvalue weighted by Gasteiger charge is -2.29. The van der Waals surface area contributed by atoms with Gasteiger partial charge in [0.15, 0.2) is 5.16 Å². The van der Waals surface area contributed by atoms with Gasteiger partial charge in [-0.05, 0) is 20.1 Å². The molecule has 0 aromatic carbocycles. The fraction of sp³-hybridized carbons (Fsp3) is 0.533. The van der Waals surface area contributed by atoms with Crippen molar-refractivity contribution in [3.05, 3.63) is 10.4 Å². The van der Waals surface area contributed by atoms with Gasteiger partial charge in [-0.15, -0.1) is 11.3 Å². The number of carbonyl (C=O) groups excluding carboxylic acids is 1. The monoisotopic (exact) mass is 370 g/mol. The molecule has 23 heavy (non-hydrogen) atoms. The molecule has 0 atom stereocenters. The first-order valence-electron chi connectivity index (χ1n) is 7.13. The number of thioether (sulfide) groups is 2. The summed E-state index contributed by atoms with van der Waals surface area (Å²) >= 11 is 4.63. The molecule has 8 heteroatoms. The second-order valence-electron chi connectivity index (χ2n) is 5.79. The van der Waals surface area contributed by atoms with Gasteiger partial charge in [-0.2, -0.15) is 0 Å². The van der Waals surface area contributed by atoms with Crippen LogP contribution in [0.15, 0.2) is 10.2 Å². The lowest BCUT2D eigenvalue weighted by atomic mass is 9.98. The van der Waals surface area contributed by atoms with Crippen LogP contribution in [0.25, 0.3) is 10.2 Å². The maximum absolute atomic E-state index is 11.4. The summed E-state index contributed by atoms with van der Waals surface area (Å²) in [4.78, 5) is 22.0. The molecule has 0 aliphatic carbocycles. The number of esters is 1. The highest BCUT2D eigenvalue weighted by Crippen LogP contribution is 2.41. The van der Waals surface area contributed by atoms with Crippen LogP contribution in [0.1, 0.15) is 24.3 Å². The summed E-state index contributed by atoms with van der Waals surface area (Å²) in [6.07, 6.45) is 2.83. The fourth-order valence-corrected chi connectivity index (χ4v) is 5.22. The molecule has 5 nitrogen and oxygen atoms in total. The Bertz CT molecular complexity index is 758. The van der Waals surface area contributed by atoms with E-state index in [0.29, 0.717) is 6.61 Å². The molecule has 1 aliphatic heterocycles. The highest BCUT2D eigenvalue weighted by Gasteiger charge is 2.30. The molecule has 0 saturated carbocycles. The number of aromatic nitrogens is 2. The van der Waals surface area contributed by atoms with Crippen molar-refractivity contribution in [2.75, 3.05) is 19.1 Å². The summed E-state index contributed by atoms with van der Waals surface area (Å²) in [7, 11) is 1.40. The Labute approximate surface area is 147 Å². The third-order valence-electron chi connectivity index (χ3n) is 3.59. The molecule has 0 unspecified atom stereocenters. The van der Waals surface area contributed by atoms with E-state index >= 15 is 0 Å². The SMILES string of the molecule is COC(=O)CSc1nc(SC)nc2c3c(sc12)CC(C)(C)OC3. The largest absolute Gasteiger partial charge is 0.468 e. The number of nitrogens with zero attached hydrogens (tertiary/aromatic N) is 2. The van der Waals surface area contributed by atoms with Crippen LogP contribution < -0.4 is 0 Å². The van der Waals surface area contributed by atoms with Crippen molar-refractivity contribution < 1.29 is 14.3 Å². The van der Waals surface area contributed by atoms with E-state index in [9.17, 15) is 4.79 Å². The number of fused-ring (bicyclic) bond motifs is 3. The number of thiophene rings is 1. The van der Waals surface area contributed by atoms with Crippen LogP contribution in [0, 0.1) is 0 Å². The van der Waals surface area contributed by atoms with Crippen LogP contribution in [0.4, 0.5) is 0 Å². The maximum Gasteiger partial charge on any atom is 0.316 e. The molecule has 1 aliphatic rings. The van der Waals surface area contributed by atoms with Crippen molar-refractivity contribution in [3.8, 4) is 0 Å². The number of ether oxygens (including phenoxy) is 2. The Morgan fingerprint density at radius 2 is 2.22 bits per heavy atom. The fourth-order valence-electron chi connectivity index (χ4n) is 2.40. The molecule has 0 amide bonds. The first-order chi connectivity index (χ1) is 10.9. The van der Waals surface area contributed by atoms with Crippen LogP contribution in [-0.2, 0) is 27.3 Å². The number of hydrogen-bond acceptors (Lipinski definition) is 8. The Hall–Kier alpha value is -0.830. The van der Waals surface area contributed by atoms with Gasteiger partial charge < -0.3 is 9.47 Å². The lowest BCUT2D eigenvalue weighted by molar-refractivity contribution is -0.137. The average Bonchev–Trinajstić information content (AvgIpc) is 2.87. The van der Waals surface area contributed by atoms with Crippen molar-refractivity contribution in [1.29, 1.82) is 0 Å². The molecule has 0 saturated heterocycles. The Balaban J connectivity index is 2.05. The molecule has 0 bridgehead atoms. The van der Waals surface area contributed by atoms with E-state index in [4.69, 9.17) is 9.47 Å². The normalized spacial score (nSPS) is 16.3. The summed E-state index contributed by atoms with van der Waals surface area (Å²) < 4.78 is 11.7. The molecular weight excluding hydrogens is 352 g/mol. The van der Waals surface area contributed by atoms with E-state index in [-0.39, 0.29) is 17.3 Å². The number of rotatable bonds is 4. The van der Waals surface area contributed by atoms with Gasteiger partial charge in [0, 0.05) is 16.9 Å². The number of methoxy groups -OCH3 is 1. The summed E-state index contributed by atoms with van der Waals surface area (Å²) in [5, 5.41) is 1.57. The zero-order valence-corrected chi connectivity index (χ0v) is 15.9. The highest BCUT2D eigenvalue weighted by molar-refractivity contribution is 8.00. The van der Waals surface area contributed by atoms with Crippen molar-refractivity contribution in [2.45, 2.75) is 42.7 Å². The zero-order valence-electron chi connectivity index (χ0n) is 13.5. The third-order valence-corrected chi connectivity index (χ3v) is 6.45. The molecular formula is C15H18N2O3S3. The molecule has 0 fully saturated rings. The Morgan fingerprint density at radius 3 is 2.91 bits per heavy atom.